The van der Waals surface area contributed by atoms with Crippen molar-refractivity contribution in [3.8, 4) is 0 Å². The quantitative estimate of drug-likeness (QED) is 0.658. The van der Waals surface area contributed by atoms with Gasteiger partial charge in [-0.25, -0.2) is 9.78 Å². The molecule has 1 unspecified atom stereocenters. The van der Waals surface area contributed by atoms with Gasteiger partial charge in [0.05, 0.1) is 23.6 Å². The summed E-state index contributed by atoms with van der Waals surface area (Å²) >= 11 is 5.69. The van der Waals surface area contributed by atoms with Crippen LogP contribution in [-0.4, -0.2) is 30.3 Å². The van der Waals surface area contributed by atoms with Crippen LogP contribution in [0.1, 0.15) is 23.2 Å². The second-order valence-corrected chi connectivity index (χ2v) is 4.22. The molecule has 0 aliphatic carbocycles. The summed E-state index contributed by atoms with van der Waals surface area (Å²) in [6.07, 6.45) is 3.26. The molecule has 1 aromatic heterocycles. The molecule has 2 rings (SSSR count). The highest BCUT2D eigenvalue weighted by atomic mass is 35.5. The molecule has 92 valence electrons. The lowest BCUT2D eigenvalue weighted by molar-refractivity contribution is 0.0162. The van der Waals surface area contributed by atoms with E-state index < -0.39 is 5.97 Å². The van der Waals surface area contributed by atoms with Gasteiger partial charge in [-0.05, 0) is 18.9 Å². The number of anilines is 1. The van der Waals surface area contributed by atoms with Crippen LogP contribution in [0.25, 0.3) is 0 Å². The molecule has 2 N–H and O–H groups in total. The van der Waals surface area contributed by atoms with Crippen LogP contribution in [0.5, 0.6) is 0 Å². The highest BCUT2D eigenvalue weighted by molar-refractivity contribution is 6.29. The third-order valence-electron chi connectivity index (χ3n) is 2.55. The van der Waals surface area contributed by atoms with E-state index in [0.717, 1.165) is 19.4 Å². The predicted octanol–water partition coefficient (Wildman–Crippen LogP) is 1.65. The molecular formula is C11H13ClN2O3. The Hall–Kier alpha value is -1.33. The van der Waals surface area contributed by atoms with Crippen molar-refractivity contribution in [2.75, 3.05) is 18.9 Å². The maximum absolute atomic E-state index is 11.7. The van der Waals surface area contributed by atoms with Crippen LogP contribution in [0.3, 0.4) is 0 Å². The minimum atomic E-state index is -0.498. The van der Waals surface area contributed by atoms with E-state index in [0.29, 0.717) is 0 Å². The number of carbonyl (C=O) groups excluding carboxylic acids is 1. The summed E-state index contributed by atoms with van der Waals surface area (Å²) in [5.74, 6) is -0.498. The number of ether oxygens (including phenoxy) is 2. The number of halogens is 1. The monoisotopic (exact) mass is 256 g/mol. The molecule has 0 bridgehead atoms. The van der Waals surface area contributed by atoms with Crippen LogP contribution >= 0.6 is 11.6 Å². The van der Waals surface area contributed by atoms with Crippen LogP contribution in [-0.2, 0) is 9.47 Å². The maximum atomic E-state index is 11.7. The summed E-state index contributed by atoms with van der Waals surface area (Å²) in [7, 11) is 0. The lowest BCUT2D eigenvalue weighted by Crippen LogP contribution is -2.18. The topological polar surface area (TPSA) is 74.4 Å². The highest BCUT2D eigenvalue weighted by Gasteiger charge is 2.19. The molecule has 2 heterocycles. The van der Waals surface area contributed by atoms with Crippen LogP contribution in [0.4, 0.5) is 5.69 Å². The molecule has 0 radical (unpaired) electrons. The summed E-state index contributed by atoms with van der Waals surface area (Å²) in [4.78, 5) is 15.5. The number of nitrogens with zero attached hydrogens (tertiary/aromatic N) is 1. The maximum Gasteiger partial charge on any atom is 0.340 e. The highest BCUT2D eigenvalue weighted by Crippen LogP contribution is 2.17. The van der Waals surface area contributed by atoms with Crippen molar-refractivity contribution in [2.24, 2.45) is 0 Å². The van der Waals surface area contributed by atoms with E-state index in [-0.39, 0.29) is 29.1 Å². The normalized spacial score (nSPS) is 19.2. The zero-order valence-electron chi connectivity index (χ0n) is 9.19. The first-order valence-electron chi connectivity index (χ1n) is 5.36. The Morgan fingerprint density at radius 1 is 1.71 bits per heavy atom. The Labute approximate surface area is 104 Å². The standard InChI is InChI=1S/C11H13ClN2O3/c12-10-4-8(9(13)5-14-10)11(15)17-6-7-2-1-3-16-7/h4-5,7H,1-3,6,13H2. The van der Waals surface area contributed by atoms with Crippen LogP contribution in [0.15, 0.2) is 12.3 Å². The molecule has 5 nitrogen and oxygen atoms in total. The third kappa shape index (κ3) is 3.08. The van der Waals surface area contributed by atoms with Crippen molar-refractivity contribution in [3.63, 3.8) is 0 Å². The molecule has 0 aromatic carbocycles. The predicted molar refractivity (Wildman–Crippen MR) is 62.9 cm³/mol. The minimum absolute atomic E-state index is 0.00233. The van der Waals surface area contributed by atoms with Crippen molar-refractivity contribution in [2.45, 2.75) is 18.9 Å². The fourth-order valence-electron chi connectivity index (χ4n) is 1.64. The minimum Gasteiger partial charge on any atom is -0.459 e. The molecule has 0 amide bonds. The second-order valence-electron chi connectivity index (χ2n) is 3.83. The van der Waals surface area contributed by atoms with Gasteiger partial charge in [0.15, 0.2) is 0 Å². The number of aromatic nitrogens is 1. The summed E-state index contributed by atoms with van der Waals surface area (Å²) in [5.41, 5.74) is 6.12. The average molecular weight is 257 g/mol. The molecule has 1 atom stereocenters. The van der Waals surface area contributed by atoms with Gasteiger partial charge in [0.25, 0.3) is 0 Å². The third-order valence-corrected chi connectivity index (χ3v) is 2.75. The number of esters is 1. The molecule has 6 heteroatoms. The zero-order chi connectivity index (χ0) is 12.3. The summed E-state index contributed by atoms with van der Waals surface area (Å²) in [6, 6.07) is 1.40. The van der Waals surface area contributed by atoms with E-state index >= 15 is 0 Å². The van der Waals surface area contributed by atoms with Crippen molar-refractivity contribution in [3.05, 3.63) is 23.0 Å². The number of carbonyl (C=O) groups is 1. The van der Waals surface area contributed by atoms with Crippen molar-refractivity contribution < 1.29 is 14.3 Å². The first-order valence-corrected chi connectivity index (χ1v) is 5.74. The van der Waals surface area contributed by atoms with E-state index in [9.17, 15) is 4.79 Å². The van der Waals surface area contributed by atoms with Gasteiger partial charge in [-0.1, -0.05) is 11.6 Å². The number of hydrogen-bond acceptors (Lipinski definition) is 5. The van der Waals surface area contributed by atoms with Crippen molar-refractivity contribution >= 4 is 23.3 Å². The smallest absolute Gasteiger partial charge is 0.340 e. The fraction of sp³-hybridized carbons (Fsp3) is 0.455. The molecule has 1 saturated heterocycles. The molecule has 0 spiro atoms. The van der Waals surface area contributed by atoms with Gasteiger partial charge >= 0.3 is 5.97 Å². The van der Waals surface area contributed by atoms with Crippen molar-refractivity contribution in [1.82, 2.24) is 4.98 Å². The zero-order valence-corrected chi connectivity index (χ0v) is 9.94. The van der Waals surface area contributed by atoms with Gasteiger partial charge < -0.3 is 15.2 Å². The fourth-order valence-corrected chi connectivity index (χ4v) is 1.80. The molecular weight excluding hydrogens is 244 g/mol. The van der Waals surface area contributed by atoms with Gasteiger partial charge in [0, 0.05) is 6.61 Å². The lowest BCUT2D eigenvalue weighted by Gasteiger charge is -2.11. The summed E-state index contributed by atoms with van der Waals surface area (Å²) < 4.78 is 10.5. The van der Waals surface area contributed by atoms with E-state index in [1.165, 1.54) is 12.3 Å². The van der Waals surface area contributed by atoms with Gasteiger partial charge in [0.2, 0.25) is 0 Å². The largest absolute Gasteiger partial charge is 0.459 e. The molecule has 1 fully saturated rings. The number of hydrogen-bond donors (Lipinski definition) is 1. The number of pyridine rings is 1. The molecule has 0 saturated carbocycles. The van der Waals surface area contributed by atoms with E-state index in [1.54, 1.807) is 0 Å². The van der Waals surface area contributed by atoms with E-state index in [1.807, 2.05) is 0 Å². The average Bonchev–Trinajstić information content (AvgIpc) is 2.82. The Balaban J connectivity index is 1.96. The molecule has 1 aliphatic heterocycles. The van der Waals surface area contributed by atoms with E-state index in [4.69, 9.17) is 26.8 Å². The second kappa shape index (κ2) is 5.33. The molecule has 1 aromatic rings. The lowest BCUT2D eigenvalue weighted by atomic mass is 10.2. The van der Waals surface area contributed by atoms with Crippen molar-refractivity contribution in [1.29, 1.82) is 0 Å². The molecule has 17 heavy (non-hydrogen) atoms. The molecule has 1 aliphatic rings. The van der Waals surface area contributed by atoms with Gasteiger partial charge in [-0.2, -0.15) is 0 Å². The Kier molecular flexibility index (Phi) is 3.81. The first-order chi connectivity index (χ1) is 8.16. The Morgan fingerprint density at radius 3 is 3.24 bits per heavy atom. The number of rotatable bonds is 3. The first kappa shape index (κ1) is 12.1. The van der Waals surface area contributed by atoms with E-state index in [2.05, 4.69) is 4.98 Å². The SMILES string of the molecule is Nc1cnc(Cl)cc1C(=O)OCC1CCCO1. The Bertz CT molecular complexity index is 419. The van der Waals surface area contributed by atoms with Crippen LogP contribution in [0.2, 0.25) is 5.15 Å². The van der Waals surface area contributed by atoms with Crippen LogP contribution in [0, 0.1) is 0 Å². The van der Waals surface area contributed by atoms with Gasteiger partial charge in [-0.15, -0.1) is 0 Å². The summed E-state index contributed by atoms with van der Waals surface area (Å²) in [5, 5.41) is 0.211. The number of nitrogen functional groups attached to an aromatic ring is 1. The summed E-state index contributed by atoms with van der Waals surface area (Å²) in [6.45, 7) is 0.976. The number of nitrogens with two attached hydrogens (primary N) is 1. The van der Waals surface area contributed by atoms with Gasteiger partial charge in [-0.3, -0.25) is 0 Å². The Morgan fingerprint density at radius 2 is 2.53 bits per heavy atom. The van der Waals surface area contributed by atoms with Crippen LogP contribution < -0.4 is 5.73 Å². The van der Waals surface area contributed by atoms with Gasteiger partial charge in [0.1, 0.15) is 11.8 Å².